The molecule has 1 amide bonds. The largest absolute Gasteiger partial charge is 0.461 e. The number of ketones is 1. The molecule has 7 nitrogen and oxygen atoms in total. The van der Waals surface area contributed by atoms with Gasteiger partial charge in [-0.25, -0.2) is 4.79 Å². The molecule has 0 heterocycles. The number of carbonyl (C=O) groups excluding carboxylic acids is 3. The van der Waals surface area contributed by atoms with E-state index < -0.39 is 39.8 Å². The minimum absolute atomic E-state index is 0.0363. The van der Waals surface area contributed by atoms with Crippen molar-refractivity contribution in [3.8, 4) is 0 Å². The molecule has 3 atom stereocenters. The average Bonchev–Trinajstić information content (AvgIpc) is 2.40. The number of carbonyl (C=O) groups is 3. The predicted molar refractivity (Wildman–Crippen MR) is 79.7 cm³/mol. The van der Waals surface area contributed by atoms with E-state index in [1.165, 1.54) is 13.2 Å². The van der Waals surface area contributed by atoms with Crippen molar-refractivity contribution in [3.63, 3.8) is 0 Å². The Morgan fingerprint density at radius 3 is 2.29 bits per heavy atom. The van der Waals surface area contributed by atoms with Crippen molar-refractivity contribution in [1.82, 2.24) is 5.32 Å². The Morgan fingerprint density at radius 2 is 1.86 bits per heavy atom. The van der Waals surface area contributed by atoms with Gasteiger partial charge in [0.1, 0.15) is 11.3 Å². The third-order valence-corrected chi connectivity index (χ3v) is 3.87. The van der Waals surface area contributed by atoms with Crippen LogP contribution in [0.1, 0.15) is 33.6 Å². The van der Waals surface area contributed by atoms with Gasteiger partial charge in [-0.2, -0.15) is 0 Å². The molecule has 8 heteroatoms. The normalized spacial score (nSPS) is 14.9. The van der Waals surface area contributed by atoms with Crippen molar-refractivity contribution < 1.29 is 23.3 Å². The zero-order chi connectivity index (χ0) is 16.6. The lowest BCUT2D eigenvalue weighted by Gasteiger charge is -2.20. The molecule has 120 valence electrons. The molecule has 1 unspecified atom stereocenters. The van der Waals surface area contributed by atoms with Crippen molar-refractivity contribution in [2.24, 2.45) is 0 Å². The SMILES string of the molecule is CC(C)OC(=O)[C@H](CCC(=O)C=N)NC(=O)[C@H](C)S(C)=O. The van der Waals surface area contributed by atoms with Gasteiger partial charge in [0.2, 0.25) is 5.91 Å². The van der Waals surface area contributed by atoms with Gasteiger partial charge < -0.3 is 15.5 Å². The summed E-state index contributed by atoms with van der Waals surface area (Å²) in [4.78, 5) is 34.9. The molecule has 0 aliphatic heterocycles. The molecule has 0 spiro atoms. The van der Waals surface area contributed by atoms with E-state index in [4.69, 9.17) is 10.1 Å². The van der Waals surface area contributed by atoms with Gasteiger partial charge in [0.05, 0.1) is 12.3 Å². The quantitative estimate of drug-likeness (QED) is 0.465. The van der Waals surface area contributed by atoms with Gasteiger partial charge in [-0.1, -0.05) is 0 Å². The summed E-state index contributed by atoms with van der Waals surface area (Å²) in [5, 5.41) is 8.50. The molecule has 0 aliphatic rings. The van der Waals surface area contributed by atoms with E-state index >= 15 is 0 Å². The maximum Gasteiger partial charge on any atom is 0.328 e. The smallest absolute Gasteiger partial charge is 0.328 e. The highest BCUT2D eigenvalue weighted by molar-refractivity contribution is 7.85. The zero-order valence-corrected chi connectivity index (χ0v) is 13.5. The molecule has 0 radical (unpaired) electrons. The summed E-state index contributed by atoms with van der Waals surface area (Å²) in [5.41, 5.74) is 0. The number of rotatable bonds is 9. The van der Waals surface area contributed by atoms with Crippen molar-refractivity contribution in [3.05, 3.63) is 0 Å². The van der Waals surface area contributed by atoms with Crippen LogP contribution in [-0.2, 0) is 29.9 Å². The van der Waals surface area contributed by atoms with Gasteiger partial charge in [0.15, 0.2) is 5.78 Å². The van der Waals surface area contributed by atoms with Gasteiger partial charge in [-0.3, -0.25) is 13.8 Å². The Bertz CT molecular complexity index is 436. The second-order valence-electron chi connectivity index (χ2n) is 4.84. The average molecular weight is 318 g/mol. The van der Waals surface area contributed by atoms with Gasteiger partial charge in [0.25, 0.3) is 0 Å². The van der Waals surface area contributed by atoms with Crippen LogP contribution in [-0.4, -0.2) is 51.7 Å². The Balaban J connectivity index is 4.82. The van der Waals surface area contributed by atoms with Crippen LogP contribution in [0.25, 0.3) is 0 Å². The summed E-state index contributed by atoms with van der Waals surface area (Å²) in [7, 11) is -1.36. The van der Waals surface area contributed by atoms with Crippen LogP contribution >= 0.6 is 0 Å². The van der Waals surface area contributed by atoms with E-state index in [1.807, 2.05) is 0 Å². The Morgan fingerprint density at radius 1 is 1.29 bits per heavy atom. The first kappa shape index (κ1) is 19.4. The number of amides is 1. The van der Waals surface area contributed by atoms with Gasteiger partial charge in [-0.15, -0.1) is 0 Å². The third kappa shape index (κ3) is 7.69. The fourth-order valence-electron chi connectivity index (χ4n) is 1.36. The Kier molecular flexibility index (Phi) is 8.68. The van der Waals surface area contributed by atoms with E-state index in [1.54, 1.807) is 13.8 Å². The van der Waals surface area contributed by atoms with Gasteiger partial charge in [0, 0.05) is 23.5 Å². The van der Waals surface area contributed by atoms with Crippen LogP contribution in [0.3, 0.4) is 0 Å². The monoisotopic (exact) mass is 318 g/mol. The molecule has 0 saturated carbocycles. The topological polar surface area (TPSA) is 113 Å². The highest BCUT2D eigenvalue weighted by Crippen LogP contribution is 2.05. The molecule has 0 aliphatic carbocycles. The summed E-state index contributed by atoms with van der Waals surface area (Å²) >= 11 is 0. The summed E-state index contributed by atoms with van der Waals surface area (Å²) in [6.07, 6.45) is 1.69. The third-order valence-electron chi connectivity index (χ3n) is 2.66. The van der Waals surface area contributed by atoms with E-state index in [2.05, 4.69) is 5.32 Å². The Labute approximate surface area is 126 Å². The molecule has 2 N–H and O–H groups in total. The molecular formula is C13H22N2O5S. The van der Waals surface area contributed by atoms with Crippen LogP contribution in [0.15, 0.2) is 0 Å². The second kappa shape index (κ2) is 9.38. The predicted octanol–water partition coefficient (Wildman–Crippen LogP) is 0.189. The molecule has 0 bridgehead atoms. The Hall–Kier alpha value is -1.57. The van der Waals surface area contributed by atoms with Gasteiger partial charge in [-0.05, 0) is 27.2 Å². The molecule has 21 heavy (non-hydrogen) atoms. The van der Waals surface area contributed by atoms with E-state index in [9.17, 15) is 18.6 Å². The second-order valence-corrected chi connectivity index (χ2v) is 6.54. The lowest BCUT2D eigenvalue weighted by molar-refractivity contribution is -0.151. The lowest BCUT2D eigenvalue weighted by Crippen LogP contribution is -2.47. The van der Waals surface area contributed by atoms with E-state index in [0.29, 0.717) is 6.21 Å². The van der Waals surface area contributed by atoms with Crippen LogP contribution in [0, 0.1) is 5.41 Å². The number of nitrogens with one attached hydrogen (secondary N) is 2. The molecular weight excluding hydrogens is 296 g/mol. The van der Waals surface area contributed by atoms with Gasteiger partial charge >= 0.3 is 5.97 Å². The number of Topliss-reactive ketones (excluding diaryl/α,β-unsaturated/α-hetero) is 1. The maximum absolute atomic E-state index is 11.9. The van der Waals surface area contributed by atoms with Crippen molar-refractivity contribution in [2.45, 2.75) is 51.0 Å². The van der Waals surface area contributed by atoms with Crippen molar-refractivity contribution >= 4 is 34.7 Å². The maximum atomic E-state index is 11.9. The summed E-state index contributed by atoms with van der Waals surface area (Å²) in [5.74, 6) is -1.63. The zero-order valence-electron chi connectivity index (χ0n) is 12.7. The first-order valence-corrected chi connectivity index (χ1v) is 8.17. The molecule has 0 aromatic carbocycles. The lowest BCUT2D eigenvalue weighted by atomic mass is 10.1. The fourth-order valence-corrected chi connectivity index (χ4v) is 1.73. The number of ether oxygens (including phenoxy) is 1. The summed E-state index contributed by atoms with van der Waals surface area (Å²) < 4.78 is 16.3. The highest BCUT2D eigenvalue weighted by atomic mass is 32.2. The number of esters is 1. The van der Waals surface area contributed by atoms with Crippen LogP contribution in [0.5, 0.6) is 0 Å². The molecule has 0 fully saturated rings. The number of hydrogen-bond donors (Lipinski definition) is 2. The van der Waals surface area contributed by atoms with Crippen molar-refractivity contribution in [2.75, 3.05) is 6.26 Å². The standard InChI is InChI=1S/C13H22N2O5S/c1-8(2)20-13(18)11(6-5-10(16)7-14)15-12(17)9(3)21(4)19/h7-9,11,14H,5-6H2,1-4H3,(H,15,17)/t9-,11-,21?/m0/s1. The van der Waals surface area contributed by atoms with Crippen LogP contribution in [0.2, 0.25) is 0 Å². The van der Waals surface area contributed by atoms with E-state index in [-0.39, 0.29) is 18.9 Å². The van der Waals surface area contributed by atoms with E-state index in [0.717, 1.165) is 0 Å². The first-order valence-electron chi connectivity index (χ1n) is 6.55. The van der Waals surface area contributed by atoms with Crippen molar-refractivity contribution in [1.29, 1.82) is 5.41 Å². The number of hydrogen-bond acceptors (Lipinski definition) is 6. The molecule has 0 aromatic heterocycles. The minimum atomic E-state index is -1.36. The summed E-state index contributed by atoms with van der Waals surface area (Å²) in [6.45, 7) is 4.82. The van der Waals surface area contributed by atoms with Crippen LogP contribution < -0.4 is 5.32 Å². The fraction of sp³-hybridized carbons (Fsp3) is 0.692. The first-order chi connectivity index (χ1) is 9.68. The van der Waals surface area contributed by atoms with Crippen LogP contribution in [0.4, 0.5) is 0 Å². The summed E-state index contributed by atoms with van der Waals surface area (Å²) in [6, 6.07) is -0.991. The highest BCUT2D eigenvalue weighted by Gasteiger charge is 2.27. The minimum Gasteiger partial charge on any atom is -0.461 e. The molecule has 0 aromatic rings. The molecule has 0 rings (SSSR count). The molecule has 0 saturated heterocycles.